The van der Waals surface area contributed by atoms with E-state index < -0.39 is 17.7 Å². The minimum Gasteiger partial charge on any atom is -0.486 e. The molecule has 1 N–H and O–H groups in total. The molecule has 0 amide bonds. The molecule has 0 aromatic heterocycles. The molecule has 0 aliphatic carbocycles. The first kappa shape index (κ1) is 12.9. The Hall–Kier alpha value is -2.14. The Labute approximate surface area is 114 Å². The summed E-state index contributed by atoms with van der Waals surface area (Å²) in [6, 6.07) is 8.53. The summed E-state index contributed by atoms with van der Waals surface area (Å²) in [5.41, 5.74) is 0.306. The molecular weight excluding hydrogens is 266 g/mol. The van der Waals surface area contributed by atoms with Crippen LogP contribution in [0.5, 0.6) is 11.5 Å². The molecule has 1 atom stereocenters. The first-order chi connectivity index (χ1) is 9.66. The van der Waals surface area contributed by atoms with Crippen LogP contribution in [-0.4, -0.2) is 18.3 Å². The molecule has 1 unspecified atom stereocenters. The summed E-state index contributed by atoms with van der Waals surface area (Å²) in [4.78, 5) is 0. The lowest BCUT2D eigenvalue weighted by atomic mass is 10.0. The molecule has 0 bridgehead atoms. The van der Waals surface area contributed by atoms with Crippen molar-refractivity contribution in [3.05, 3.63) is 59.2 Å². The van der Waals surface area contributed by atoms with E-state index in [2.05, 4.69) is 0 Å². The van der Waals surface area contributed by atoms with Crippen LogP contribution in [0.4, 0.5) is 8.78 Å². The maximum atomic E-state index is 13.7. The monoisotopic (exact) mass is 278 g/mol. The van der Waals surface area contributed by atoms with Crippen molar-refractivity contribution in [2.75, 3.05) is 13.2 Å². The van der Waals surface area contributed by atoms with Crippen molar-refractivity contribution in [2.24, 2.45) is 0 Å². The van der Waals surface area contributed by atoms with Gasteiger partial charge < -0.3 is 14.6 Å². The van der Waals surface area contributed by atoms with E-state index in [1.165, 1.54) is 12.1 Å². The van der Waals surface area contributed by atoms with Crippen molar-refractivity contribution in [2.45, 2.75) is 6.10 Å². The lowest BCUT2D eigenvalue weighted by Gasteiger charge is -2.20. The summed E-state index contributed by atoms with van der Waals surface area (Å²) >= 11 is 0. The smallest absolute Gasteiger partial charge is 0.164 e. The summed E-state index contributed by atoms with van der Waals surface area (Å²) < 4.78 is 37.6. The zero-order valence-corrected chi connectivity index (χ0v) is 10.5. The molecule has 0 saturated heterocycles. The fourth-order valence-electron chi connectivity index (χ4n) is 2.14. The molecule has 1 aliphatic rings. The van der Waals surface area contributed by atoms with Gasteiger partial charge >= 0.3 is 0 Å². The van der Waals surface area contributed by atoms with Crippen LogP contribution in [0, 0.1) is 11.6 Å². The molecule has 0 saturated carbocycles. The van der Waals surface area contributed by atoms with E-state index in [0.717, 1.165) is 6.07 Å². The number of benzene rings is 2. The predicted octanol–water partition coefficient (Wildman–Crippen LogP) is 2.82. The second-order valence-corrected chi connectivity index (χ2v) is 4.45. The van der Waals surface area contributed by atoms with Gasteiger partial charge in [-0.2, -0.15) is 0 Å². The molecule has 1 aliphatic heterocycles. The highest BCUT2D eigenvalue weighted by molar-refractivity contribution is 5.46. The fourth-order valence-corrected chi connectivity index (χ4v) is 2.14. The first-order valence-corrected chi connectivity index (χ1v) is 6.18. The van der Waals surface area contributed by atoms with Crippen LogP contribution in [0.1, 0.15) is 17.2 Å². The molecule has 3 rings (SSSR count). The van der Waals surface area contributed by atoms with Gasteiger partial charge in [0.15, 0.2) is 23.1 Å². The van der Waals surface area contributed by atoms with E-state index in [1.54, 1.807) is 18.2 Å². The molecule has 0 radical (unpaired) electrons. The summed E-state index contributed by atoms with van der Waals surface area (Å²) in [6.45, 7) is 0.883. The summed E-state index contributed by atoms with van der Waals surface area (Å²) in [7, 11) is 0. The van der Waals surface area contributed by atoms with Crippen LogP contribution in [0.25, 0.3) is 0 Å². The molecule has 2 aromatic rings. The molecule has 0 spiro atoms. The lowest BCUT2D eigenvalue weighted by molar-refractivity contribution is 0.169. The zero-order chi connectivity index (χ0) is 14.1. The molecule has 104 valence electrons. The molecule has 3 nitrogen and oxygen atoms in total. The van der Waals surface area contributed by atoms with E-state index in [1.807, 2.05) is 0 Å². The molecule has 5 heteroatoms. The average molecular weight is 278 g/mol. The van der Waals surface area contributed by atoms with Crippen molar-refractivity contribution in [1.29, 1.82) is 0 Å². The van der Waals surface area contributed by atoms with E-state index in [9.17, 15) is 13.9 Å². The highest BCUT2D eigenvalue weighted by Crippen LogP contribution is 2.34. The van der Waals surface area contributed by atoms with Gasteiger partial charge in [-0.1, -0.05) is 18.2 Å². The molecular formula is C15H12F2O3. The Kier molecular flexibility index (Phi) is 3.28. The van der Waals surface area contributed by atoms with Crippen LogP contribution in [0.2, 0.25) is 0 Å². The van der Waals surface area contributed by atoms with Gasteiger partial charge in [0.25, 0.3) is 0 Å². The van der Waals surface area contributed by atoms with Gasteiger partial charge in [0.05, 0.1) is 0 Å². The largest absolute Gasteiger partial charge is 0.486 e. The van der Waals surface area contributed by atoms with Gasteiger partial charge in [-0.3, -0.25) is 0 Å². The van der Waals surface area contributed by atoms with Gasteiger partial charge in [0.2, 0.25) is 0 Å². The Bertz CT molecular complexity index is 643. The van der Waals surface area contributed by atoms with E-state index in [0.29, 0.717) is 30.3 Å². The number of aliphatic hydroxyl groups is 1. The first-order valence-electron chi connectivity index (χ1n) is 6.18. The van der Waals surface area contributed by atoms with Gasteiger partial charge in [-0.15, -0.1) is 0 Å². The van der Waals surface area contributed by atoms with Crippen molar-refractivity contribution < 1.29 is 23.4 Å². The van der Waals surface area contributed by atoms with Gasteiger partial charge in [-0.05, 0) is 23.8 Å². The number of halogens is 2. The average Bonchev–Trinajstić information content (AvgIpc) is 2.49. The third-order valence-electron chi connectivity index (χ3n) is 3.16. The highest BCUT2D eigenvalue weighted by atomic mass is 19.2. The Balaban J connectivity index is 1.98. The van der Waals surface area contributed by atoms with E-state index in [4.69, 9.17) is 9.47 Å². The second-order valence-electron chi connectivity index (χ2n) is 4.45. The van der Waals surface area contributed by atoms with Gasteiger partial charge in [-0.25, -0.2) is 8.78 Å². The molecule has 1 heterocycles. The summed E-state index contributed by atoms with van der Waals surface area (Å²) in [6.07, 6.45) is -1.26. The van der Waals surface area contributed by atoms with Crippen LogP contribution in [0.15, 0.2) is 36.4 Å². The van der Waals surface area contributed by atoms with Crippen molar-refractivity contribution in [3.63, 3.8) is 0 Å². The quantitative estimate of drug-likeness (QED) is 0.918. The zero-order valence-electron chi connectivity index (χ0n) is 10.5. The number of aliphatic hydroxyl groups excluding tert-OH is 1. The molecule has 0 fully saturated rings. The topological polar surface area (TPSA) is 38.7 Å². The van der Waals surface area contributed by atoms with Gasteiger partial charge in [0.1, 0.15) is 19.3 Å². The molecule has 2 aromatic carbocycles. The van der Waals surface area contributed by atoms with E-state index >= 15 is 0 Å². The SMILES string of the molecule is OC(c1ccc2c(c1)OCCO2)c1cccc(F)c1F. The Morgan fingerprint density at radius 3 is 2.55 bits per heavy atom. The summed E-state index contributed by atoms with van der Waals surface area (Å²) in [5, 5.41) is 10.2. The maximum Gasteiger partial charge on any atom is 0.164 e. The Morgan fingerprint density at radius 2 is 1.75 bits per heavy atom. The number of ether oxygens (including phenoxy) is 2. The van der Waals surface area contributed by atoms with Crippen molar-refractivity contribution in [3.8, 4) is 11.5 Å². The number of fused-ring (bicyclic) bond motifs is 1. The van der Waals surface area contributed by atoms with Crippen LogP contribution in [0.3, 0.4) is 0 Å². The third kappa shape index (κ3) is 2.20. The van der Waals surface area contributed by atoms with E-state index in [-0.39, 0.29) is 5.56 Å². The molecule has 20 heavy (non-hydrogen) atoms. The van der Waals surface area contributed by atoms with Crippen LogP contribution >= 0.6 is 0 Å². The second kappa shape index (κ2) is 5.09. The maximum absolute atomic E-state index is 13.7. The number of rotatable bonds is 2. The number of hydrogen-bond donors (Lipinski definition) is 1. The van der Waals surface area contributed by atoms with Crippen molar-refractivity contribution in [1.82, 2.24) is 0 Å². The van der Waals surface area contributed by atoms with Crippen LogP contribution in [-0.2, 0) is 0 Å². The number of hydrogen-bond acceptors (Lipinski definition) is 3. The Morgan fingerprint density at radius 1 is 1.00 bits per heavy atom. The van der Waals surface area contributed by atoms with Gasteiger partial charge in [0, 0.05) is 5.56 Å². The van der Waals surface area contributed by atoms with Crippen molar-refractivity contribution >= 4 is 0 Å². The highest BCUT2D eigenvalue weighted by Gasteiger charge is 2.20. The summed E-state index contributed by atoms with van der Waals surface area (Å²) in [5.74, 6) is -0.967. The minimum absolute atomic E-state index is 0.110. The predicted molar refractivity (Wildman–Crippen MR) is 67.9 cm³/mol. The third-order valence-corrected chi connectivity index (χ3v) is 3.16. The standard InChI is InChI=1S/C15H12F2O3/c16-11-3-1-2-10(14(11)17)15(18)9-4-5-12-13(8-9)20-7-6-19-12/h1-5,8,15,18H,6-7H2. The lowest BCUT2D eigenvalue weighted by Crippen LogP contribution is -2.15. The normalized spacial score (nSPS) is 14.9. The van der Waals surface area contributed by atoms with Crippen LogP contribution < -0.4 is 9.47 Å². The fraction of sp³-hybridized carbons (Fsp3) is 0.200. The minimum atomic E-state index is -1.26.